The Kier molecular flexibility index (Phi) is 8.97. The fraction of sp³-hybridized carbons (Fsp3) is 0.481. The van der Waals surface area contributed by atoms with Gasteiger partial charge in [0.15, 0.2) is 0 Å². The van der Waals surface area contributed by atoms with Gasteiger partial charge in [-0.25, -0.2) is 4.79 Å². The van der Waals surface area contributed by atoms with Gasteiger partial charge in [0.25, 0.3) is 11.5 Å². The highest BCUT2D eigenvalue weighted by atomic mass is 19.4. The van der Waals surface area contributed by atoms with E-state index in [4.69, 9.17) is 9.47 Å². The van der Waals surface area contributed by atoms with Crippen LogP contribution in [0.2, 0.25) is 0 Å². The van der Waals surface area contributed by atoms with Crippen LogP contribution < -0.4 is 14.8 Å². The molecule has 2 aromatic carbocycles. The summed E-state index contributed by atoms with van der Waals surface area (Å²) in [6, 6.07) is 8.39. The maximum Gasteiger partial charge on any atom is 0.430 e. The molecule has 1 unspecified atom stereocenters. The number of nitrogens with one attached hydrogen (secondary N) is 1. The maximum atomic E-state index is 13.3. The smallest absolute Gasteiger partial charge is 0.430 e. The molecule has 1 aliphatic rings. The molecule has 0 saturated carbocycles. The maximum absolute atomic E-state index is 13.3. The van der Waals surface area contributed by atoms with Gasteiger partial charge in [0, 0.05) is 17.7 Å². The zero-order chi connectivity index (χ0) is 29.9. The van der Waals surface area contributed by atoms with Crippen LogP contribution in [0, 0.1) is 0 Å². The third kappa shape index (κ3) is 5.70. The Morgan fingerprint density at radius 3 is 2.23 bits per heavy atom. The average molecular weight is 577 g/mol. The van der Waals surface area contributed by atoms with Crippen molar-refractivity contribution in [3.8, 4) is 11.5 Å². The number of benzene rings is 2. The summed E-state index contributed by atoms with van der Waals surface area (Å²) in [7, 11) is 1.45. The van der Waals surface area contributed by atoms with Gasteiger partial charge in [0.2, 0.25) is 0 Å². The van der Waals surface area contributed by atoms with E-state index in [2.05, 4.69) is 5.32 Å². The van der Waals surface area contributed by atoms with Crippen LogP contribution >= 0.6 is 0 Å². The monoisotopic (exact) mass is 576 g/mol. The lowest BCUT2D eigenvalue weighted by atomic mass is 9.90. The molecule has 1 atom stereocenters. The Bertz CT molecular complexity index is 1220. The SMILES string of the molecule is CCCc1cc(C(O)(C(F)(F)F)C(F)(F)F)ccc1OCCCCN1C(=O)NC(C)(c2ccccc2OC)C1=O. The summed E-state index contributed by atoms with van der Waals surface area (Å²) < 4.78 is 90.7. The van der Waals surface area contributed by atoms with Crippen LogP contribution in [0.4, 0.5) is 31.1 Å². The van der Waals surface area contributed by atoms with Gasteiger partial charge in [-0.1, -0.05) is 37.6 Å². The lowest BCUT2D eigenvalue weighted by Gasteiger charge is -2.33. The number of unbranched alkanes of at least 4 members (excludes halogenated alkanes) is 1. The summed E-state index contributed by atoms with van der Waals surface area (Å²) in [5.41, 5.74) is -7.13. The first-order valence-corrected chi connectivity index (χ1v) is 12.5. The molecular weight excluding hydrogens is 546 g/mol. The number of hydrogen-bond donors (Lipinski definition) is 2. The fourth-order valence-corrected chi connectivity index (χ4v) is 4.59. The molecule has 1 aliphatic heterocycles. The fourth-order valence-electron chi connectivity index (χ4n) is 4.59. The van der Waals surface area contributed by atoms with Crippen LogP contribution in [0.3, 0.4) is 0 Å². The Morgan fingerprint density at radius 1 is 0.975 bits per heavy atom. The summed E-state index contributed by atoms with van der Waals surface area (Å²) in [6.45, 7) is 3.34. The lowest BCUT2D eigenvalue weighted by Crippen LogP contribution is -2.53. The van der Waals surface area contributed by atoms with Crippen molar-refractivity contribution < 1.29 is 50.5 Å². The number of rotatable bonds is 11. The van der Waals surface area contributed by atoms with E-state index in [-0.39, 0.29) is 30.9 Å². The molecule has 0 aromatic heterocycles. The van der Waals surface area contributed by atoms with Crippen molar-refractivity contribution in [3.05, 3.63) is 59.2 Å². The van der Waals surface area contributed by atoms with Gasteiger partial charge in [-0.2, -0.15) is 26.3 Å². The molecule has 13 heteroatoms. The number of aliphatic hydroxyl groups is 1. The Balaban J connectivity index is 1.66. The summed E-state index contributed by atoms with van der Waals surface area (Å²) in [5, 5.41) is 12.4. The largest absolute Gasteiger partial charge is 0.496 e. The minimum absolute atomic E-state index is 0.0201. The molecule has 7 nitrogen and oxygen atoms in total. The summed E-state index contributed by atoms with van der Waals surface area (Å²) in [4.78, 5) is 26.8. The molecule has 0 spiro atoms. The van der Waals surface area contributed by atoms with E-state index in [0.29, 0.717) is 42.7 Å². The summed E-state index contributed by atoms with van der Waals surface area (Å²) >= 11 is 0. The molecule has 2 aromatic rings. The molecule has 3 amide bonds. The average Bonchev–Trinajstić information content (AvgIpc) is 3.10. The van der Waals surface area contributed by atoms with Crippen molar-refractivity contribution >= 4 is 11.9 Å². The first-order valence-electron chi connectivity index (χ1n) is 12.5. The molecule has 0 aliphatic carbocycles. The van der Waals surface area contributed by atoms with Gasteiger partial charge in [-0.3, -0.25) is 9.69 Å². The standard InChI is InChI=1S/C27H30F6N2O5/c1-4-9-17-16-18(25(38,26(28,29)30)27(31,32)33)12-13-20(17)40-15-8-7-14-35-22(36)24(2,34-23(35)37)19-10-5-6-11-21(19)39-3/h5-6,10-13,16,38H,4,7-9,14-15H2,1-3H3,(H,34,37). The Labute approximate surface area is 227 Å². The van der Waals surface area contributed by atoms with E-state index in [9.17, 15) is 41.0 Å². The van der Waals surface area contributed by atoms with Crippen molar-refractivity contribution in [2.45, 2.75) is 63.0 Å². The normalized spacial score (nSPS) is 18.2. The van der Waals surface area contributed by atoms with E-state index in [1.165, 1.54) is 7.11 Å². The number of para-hydroxylation sites is 1. The molecule has 1 saturated heterocycles. The molecule has 0 bridgehead atoms. The number of urea groups is 1. The molecule has 40 heavy (non-hydrogen) atoms. The molecule has 220 valence electrons. The first kappa shape index (κ1) is 31.1. The summed E-state index contributed by atoms with van der Waals surface area (Å²) in [5.74, 6) is 0.0494. The Morgan fingerprint density at radius 2 is 1.62 bits per heavy atom. The van der Waals surface area contributed by atoms with E-state index in [1.54, 1.807) is 38.1 Å². The van der Waals surface area contributed by atoms with Crippen molar-refractivity contribution in [2.24, 2.45) is 0 Å². The number of hydrogen-bond acceptors (Lipinski definition) is 5. The number of nitrogens with zero attached hydrogens (tertiary/aromatic N) is 1. The third-order valence-electron chi connectivity index (χ3n) is 6.77. The van der Waals surface area contributed by atoms with E-state index >= 15 is 0 Å². The molecule has 2 N–H and O–H groups in total. The van der Waals surface area contributed by atoms with Gasteiger partial charge >= 0.3 is 18.4 Å². The third-order valence-corrected chi connectivity index (χ3v) is 6.77. The number of carbonyl (C=O) groups is 2. The van der Waals surface area contributed by atoms with Crippen LogP contribution in [0.15, 0.2) is 42.5 Å². The summed E-state index contributed by atoms with van der Waals surface area (Å²) in [6.07, 6.45) is -10.8. The van der Waals surface area contributed by atoms with Crippen molar-refractivity contribution in [1.82, 2.24) is 10.2 Å². The highest BCUT2D eigenvalue weighted by molar-refractivity contribution is 6.07. The van der Waals surface area contributed by atoms with Crippen molar-refractivity contribution in [1.29, 1.82) is 0 Å². The number of carbonyl (C=O) groups excluding carboxylic acids is 2. The minimum Gasteiger partial charge on any atom is -0.496 e. The van der Waals surface area contributed by atoms with Crippen molar-refractivity contribution in [2.75, 3.05) is 20.3 Å². The first-order chi connectivity index (χ1) is 18.6. The molecular formula is C27H30F6N2O5. The van der Waals surface area contributed by atoms with Crippen molar-refractivity contribution in [3.63, 3.8) is 0 Å². The Hall–Kier alpha value is -3.48. The van der Waals surface area contributed by atoms with Gasteiger partial charge in [-0.05, 0) is 49.9 Å². The van der Waals surface area contributed by atoms with Crippen LogP contribution in [0.1, 0.15) is 49.8 Å². The zero-order valence-electron chi connectivity index (χ0n) is 22.1. The predicted molar refractivity (Wildman–Crippen MR) is 132 cm³/mol. The second-order valence-electron chi connectivity index (χ2n) is 9.55. The molecule has 0 radical (unpaired) electrons. The second-order valence-corrected chi connectivity index (χ2v) is 9.55. The number of aryl methyl sites for hydroxylation is 1. The number of imide groups is 1. The number of ether oxygens (including phenoxy) is 2. The van der Waals surface area contributed by atoms with Gasteiger partial charge < -0.3 is 19.9 Å². The molecule has 1 fully saturated rings. The van der Waals surface area contributed by atoms with Crippen LogP contribution in [-0.2, 0) is 22.4 Å². The highest BCUT2D eigenvalue weighted by Crippen LogP contribution is 2.50. The number of alkyl halides is 6. The quantitative estimate of drug-likeness (QED) is 0.207. The van der Waals surface area contributed by atoms with Gasteiger partial charge in [-0.15, -0.1) is 0 Å². The zero-order valence-corrected chi connectivity index (χ0v) is 22.1. The number of methoxy groups -OCH3 is 1. The predicted octanol–water partition coefficient (Wildman–Crippen LogP) is 5.59. The lowest BCUT2D eigenvalue weighted by molar-refractivity contribution is -0.376. The van der Waals surface area contributed by atoms with Crippen LogP contribution in [0.5, 0.6) is 11.5 Å². The van der Waals surface area contributed by atoms with Crippen LogP contribution in [0.25, 0.3) is 0 Å². The minimum atomic E-state index is -5.99. The molecule has 3 rings (SSSR count). The van der Waals surface area contributed by atoms with Crippen LogP contribution in [-0.4, -0.2) is 54.6 Å². The number of amides is 3. The second kappa shape index (κ2) is 11.6. The topological polar surface area (TPSA) is 88.1 Å². The molecule has 1 heterocycles. The van der Waals surface area contributed by atoms with E-state index < -0.39 is 41.0 Å². The van der Waals surface area contributed by atoms with E-state index in [1.807, 2.05) is 0 Å². The highest BCUT2D eigenvalue weighted by Gasteiger charge is 2.71. The van der Waals surface area contributed by atoms with Gasteiger partial charge in [0.05, 0.1) is 13.7 Å². The van der Waals surface area contributed by atoms with E-state index in [0.717, 1.165) is 11.0 Å². The van der Waals surface area contributed by atoms with Gasteiger partial charge in [0.1, 0.15) is 17.0 Å². The number of halogens is 6.